The van der Waals surface area contributed by atoms with Gasteiger partial charge >= 0.3 is 0 Å². The fourth-order valence-electron chi connectivity index (χ4n) is 2.45. The number of nitrogens with zero attached hydrogens (tertiary/aromatic N) is 3. The van der Waals surface area contributed by atoms with Crippen LogP contribution >= 0.6 is 11.3 Å². The smallest absolute Gasteiger partial charge is 0.268 e. The van der Waals surface area contributed by atoms with Gasteiger partial charge in [-0.05, 0) is 19.8 Å². The van der Waals surface area contributed by atoms with Crippen molar-refractivity contribution < 1.29 is 4.79 Å². The third-order valence-corrected chi connectivity index (χ3v) is 4.78. The first-order valence-electron chi connectivity index (χ1n) is 7.41. The Balaban J connectivity index is 2.18. The number of carbonyl (C=O) groups is 1. The average molecular weight is 306 g/mol. The van der Waals surface area contributed by atoms with Crippen LogP contribution in [0.5, 0.6) is 0 Å². The maximum atomic E-state index is 12.5. The quantitative estimate of drug-likeness (QED) is 0.866. The van der Waals surface area contributed by atoms with Crippen LogP contribution in [0.25, 0.3) is 0 Å². The van der Waals surface area contributed by atoms with Crippen molar-refractivity contribution in [3.63, 3.8) is 0 Å². The number of thiazole rings is 1. The largest absolute Gasteiger partial charge is 0.382 e. The number of anilines is 2. The van der Waals surface area contributed by atoms with Crippen molar-refractivity contribution in [2.45, 2.75) is 32.6 Å². The zero-order chi connectivity index (χ0) is 15.2. The molecule has 5 nitrogen and oxygen atoms in total. The lowest BCUT2D eigenvalue weighted by atomic mass is 10.2. The van der Waals surface area contributed by atoms with E-state index in [0.29, 0.717) is 23.8 Å². The molecule has 0 unspecified atom stereocenters. The van der Waals surface area contributed by atoms with Crippen LogP contribution in [0.4, 0.5) is 10.9 Å². The Bertz CT molecular complexity index is 526. The predicted octanol–water partition coefficient (Wildman–Crippen LogP) is 2.20. The molecule has 1 amide bonds. The lowest BCUT2D eigenvalue weighted by Gasteiger charge is -2.18. The Morgan fingerprint density at radius 1 is 1.43 bits per heavy atom. The van der Waals surface area contributed by atoms with E-state index in [-0.39, 0.29) is 5.91 Å². The minimum absolute atomic E-state index is 0.119. The highest BCUT2D eigenvalue weighted by molar-refractivity contribution is 7.18. The minimum atomic E-state index is -0.119. The van der Waals surface area contributed by atoms with Gasteiger partial charge in [0.1, 0.15) is 10.7 Å². The van der Waals surface area contributed by atoms with Gasteiger partial charge in [0, 0.05) is 19.6 Å². The fraction of sp³-hybridized carbons (Fsp3) is 0.600. The molecule has 0 saturated carbocycles. The number of carbonyl (C=O) groups excluding carboxylic acids is 1. The van der Waals surface area contributed by atoms with Crippen LogP contribution in [0, 0.1) is 12.3 Å². The van der Waals surface area contributed by atoms with Crippen LogP contribution in [-0.2, 0) is 0 Å². The molecule has 0 aromatic carbocycles. The number of terminal acetylenes is 1. The Hall–Kier alpha value is -1.74. The number of aromatic nitrogens is 1. The summed E-state index contributed by atoms with van der Waals surface area (Å²) in [4.78, 5) is 21.2. The van der Waals surface area contributed by atoms with E-state index in [1.807, 2.05) is 6.92 Å². The number of rotatable bonds is 4. The van der Waals surface area contributed by atoms with E-state index in [0.717, 1.165) is 18.2 Å². The summed E-state index contributed by atoms with van der Waals surface area (Å²) in [7, 11) is 0. The van der Waals surface area contributed by atoms with E-state index >= 15 is 0 Å². The van der Waals surface area contributed by atoms with Gasteiger partial charge in [-0.2, -0.15) is 0 Å². The van der Waals surface area contributed by atoms with Gasteiger partial charge in [0.05, 0.1) is 6.54 Å². The second-order valence-corrected chi connectivity index (χ2v) is 6.11. The van der Waals surface area contributed by atoms with Crippen molar-refractivity contribution in [1.82, 2.24) is 9.88 Å². The molecule has 0 aliphatic carbocycles. The number of hydrogen-bond acceptors (Lipinski definition) is 5. The molecule has 0 atom stereocenters. The van der Waals surface area contributed by atoms with E-state index in [9.17, 15) is 4.79 Å². The van der Waals surface area contributed by atoms with Gasteiger partial charge in [-0.3, -0.25) is 4.79 Å². The van der Waals surface area contributed by atoms with Gasteiger partial charge in [-0.15, -0.1) is 6.42 Å². The molecule has 1 saturated heterocycles. The van der Waals surface area contributed by atoms with Crippen LogP contribution in [0.15, 0.2) is 0 Å². The highest BCUT2D eigenvalue weighted by Crippen LogP contribution is 2.30. The van der Waals surface area contributed by atoms with Crippen molar-refractivity contribution in [3.05, 3.63) is 4.88 Å². The van der Waals surface area contributed by atoms with E-state index in [4.69, 9.17) is 12.2 Å². The zero-order valence-corrected chi connectivity index (χ0v) is 13.3. The van der Waals surface area contributed by atoms with Gasteiger partial charge < -0.3 is 15.5 Å². The molecule has 114 valence electrons. The molecule has 2 N–H and O–H groups in total. The first-order chi connectivity index (χ1) is 10.2. The summed E-state index contributed by atoms with van der Waals surface area (Å²) in [5.41, 5.74) is 5.95. The van der Waals surface area contributed by atoms with Crippen molar-refractivity contribution in [2.75, 3.05) is 36.8 Å². The monoisotopic (exact) mass is 306 g/mol. The van der Waals surface area contributed by atoms with E-state index < -0.39 is 0 Å². The first-order valence-corrected chi connectivity index (χ1v) is 8.23. The highest BCUT2D eigenvalue weighted by Gasteiger charge is 2.23. The predicted molar refractivity (Wildman–Crippen MR) is 87.6 cm³/mol. The Morgan fingerprint density at radius 2 is 2.10 bits per heavy atom. The van der Waals surface area contributed by atoms with Gasteiger partial charge in [0.15, 0.2) is 5.13 Å². The van der Waals surface area contributed by atoms with Crippen molar-refractivity contribution >= 4 is 28.2 Å². The molecule has 21 heavy (non-hydrogen) atoms. The third-order valence-electron chi connectivity index (χ3n) is 3.66. The molecule has 2 heterocycles. The molecule has 2 rings (SSSR count). The van der Waals surface area contributed by atoms with Gasteiger partial charge in [-0.1, -0.05) is 30.1 Å². The summed E-state index contributed by atoms with van der Waals surface area (Å²) < 4.78 is 0. The number of amides is 1. The normalized spacial score (nSPS) is 15.3. The molecule has 6 heteroatoms. The Morgan fingerprint density at radius 3 is 2.67 bits per heavy atom. The molecular weight excluding hydrogens is 284 g/mol. The molecule has 1 aromatic rings. The lowest BCUT2D eigenvalue weighted by molar-refractivity contribution is 0.0790. The third kappa shape index (κ3) is 3.67. The minimum Gasteiger partial charge on any atom is -0.382 e. The van der Waals surface area contributed by atoms with E-state index in [1.54, 1.807) is 4.90 Å². The topological polar surface area (TPSA) is 62.5 Å². The van der Waals surface area contributed by atoms with Crippen LogP contribution in [0.2, 0.25) is 0 Å². The molecule has 0 radical (unpaired) electrons. The van der Waals surface area contributed by atoms with Gasteiger partial charge in [0.2, 0.25) is 0 Å². The van der Waals surface area contributed by atoms with Gasteiger partial charge in [0.25, 0.3) is 5.91 Å². The number of nitrogen functional groups attached to an aromatic ring is 1. The number of nitrogens with two attached hydrogens (primary N) is 1. The summed E-state index contributed by atoms with van der Waals surface area (Å²) in [6.07, 6.45) is 10.2. The summed E-state index contributed by atoms with van der Waals surface area (Å²) in [6.45, 7) is 4.75. The maximum absolute atomic E-state index is 12.5. The average Bonchev–Trinajstić information content (AvgIpc) is 2.70. The van der Waals surface area contributed by atoms with E-state index in [2.05, 4.69) is 15.8 Å². The molecular formula is C15H22N4OS. The van der Waals surface area contributed by atoms with Gasteiger partial charge in [-0.25, -0.2) is 4.98 Å². The molecule has 1 fully saturated rings. The second kappa shape index (κ2) is 7.32. The van der Waals surface area contributed by atoms with Crippen molar-refractivity contribution in [2.24, 2.45) is 0 Å². The van der Waals surface area contributed by atoms with Crippen LogP contribution in [-0.4, -0.2) is 42.0 Å². The SMILES string of the molecule is C#CCN(CC)C(=O)c1sc(N2CCCCCC2)nc1N. The molecule has 1 aliphatic heterocycles. The van der Waals surface area contributed by atoms with Crippen molar-refractivity contribution in [1.29, 1.82) is 0 Å². The van der Waals surface area contributed by atoms with Crippen LogP contribution < -0.4 is 10.6 Å². The molecule has 1 aromatic heterocycles. The highest BCUT2D eigenvalue weighted by atomic mass is 32.1. The number of hydrogen-bond donors (Lipinski definition) is 1. The summed E-state index contributed by atoms with van der Waals surface area (Å²) in [6, 6.07) is 0. The molecule has 1 aliphatic rings. The van der Waals surface area contributed by atoms with Crippen molar-refractivity contribution in [3.8, 4) is 12.3 Å². The summed E-state index contributed by atoms with van der Waals surface area (Å²) in [5.74, 6) is 2.71. The lowest BCUT2D eigenvalue weighted by Crippen LogP contribution is -2.31. The second-order valence-electron chi connectivity index (χ2n) is 5.14. The summed E-state index contributed by atoms with van der Waals surface area (Å²) >= 11 is 1.38. The van der Waals surface area contributed by atoms with Crippen LogP contribution in [0.1, 0.15) is 42.3 Å². The maximum Gasteiger partial charge on any atom is 0.268 e. The Kier molecular flexibility index (Phi) is 5.45. The Labute approximate surface area is 130 Å². The van der Waals surface area contributed by atoms with Crippen LogP contribution in [0.3, 0.4) is 0 Å². The summed E-state index contributed by atoms with van der Waals surface area (Å²) in [5, 5.41) is 0.856. The van der Waals surface area contributed by atoms with E-state index in [1.165, 1.54) is 37.0 Å². The molecule has 0 spiro atoms. The zero-order valence-electron chi connectivity index (χ0n) is 12.5. The first kappa shape index (κ1) is 15.6. The fourth-order valence-corrected chi connectivity index (χ4v) is 3.46. The standard InChI is InChI=1S/C15H22N4OS/c1-3-9-18(4-2)14(20)12-13(16)17-15(21-12)19-10-7-5-6-8-11-19/h1H,4-11,16H2,2H3. The molecule has 0 bridgehead atoms.